The van der Waals surface area contributed by atoms with Gasteiger partial charge in [0.1, 0.15) is 5.76 Å². The Kier molecular flexibility index (Phi) is 20.2. The fourth-order valence-corrected chi connectivity index (χ4v) is 2.94. The molecule has 1 aromatic rings. The number of allylic oxidation sites excluding steroid dienone is 2. The molecule has 0 saturated heterocycles. The molecule has 0 aliphatic rings. The zero-order valence-electron chi connectivity index (χ0n) is 20.1. The van der Waals surface area contributed by atoms with Crippen LogP contribution in [0.1, 0.15) is 97.8 Å². The highest BCUT2D eigenvalue weighted by Gasteiger charge is 2.08. The van der Waals surface area contributed by atoms with Crippen LogP contribution in [0.5, 0.6) is 5.75 Å². The molecule has 9 nitrogen and oxygen atoms in total. The minimum absolute atomic E-state index is 0.515. The van der Waals surface area contributed by atoms with Crippen LogP contribution in [0, 0.1) is 0 Å². The predicted molar refractivity (Wildman–Crippen MR) is 125 cm³/mol. The normalized spacial score (nSPS) is 11.9. The number of hydrogen-bond acceptors (Lipinski definition) is 6. The third kappa shape index (κ3) is 23.5. The van der Waals surface area contributed by atoms with Gasteiger partial charge in [-0.1, -0.05) is 83.4 Å². The van der Waals surface area contributed by atoms with Gasteiger partial charge in [-0.05, 0) is 43.9 Å². The molecule has 0 atom stereocenters. The van der Waals surface area contributed by atoms with Crippen LogP contribution in [-0.4, -0.2) is 14.7 Å². The van der Waals surface area contributed by atoms with E-state index in [1.54, 1.807) is 12.1 Å². The summed E-state index contributed by atoms with van der Waals surface area (Å²) in [4.78, 5) is 31.9. The third-order valence-electron chi connectivity index (χ3n) is 4.70. The molecule has 0 amide bonds. The maximum Gasteiger partial charge on any atom is 0.466 e. The Labute approximate surface area is 197 Å². The van der Waals surface area contributed by atoms with Crippen molar-refractivity contribution in [3.8, 4) is 5.75 Å². The summed E-state index contributed by atoms with van der Waals surface area (Å²) in [5.41, 5.74) is 1.21. The van der Waals surface area contributed by atoms with Crippen molar-refractivity contribution in [1.29, 1.82) is 0 Å². The molecule has 0 aliphatic heterocycles. The lowest BCUT2D eigenvalue weighted by atomic mass is 10.0. The number of benzene rings is 1. The standard InChI is InChI=1S/C23H38O5.H3O4P/c1-4-6-8-10-13-17-21(3)23(20-16-11-9-7-5-2)25-27-28-26-24-22-18-14-12-15-19-22;1-5(2,3)4/h12,14-15,18-19H,4-11,13,16-17,20H2,1-3H3;(H3,1,2,3,4). The molecule has 0 saturated carbocycles. The van der Waals surface area contributed by atoms with Gasteiger partial charge in [-0.2, -0.15) is 0 Å². The molecule has 3 N–H and O–H groups in total. The van der Waals surface area contributed by atoms with Gasteiger partial charge in [0.25, 0.3) is 0 Å². The highest BCUT2D eigenvalue weighted by atomic mass is 31.2. The largest absolute Gasteiger partial charge is 0.466 e. The Morgan fingerprint density at radius 2 is 1.27 bits per heavy atom. The molecule has 0 heterocycles. The Hall–Kier alpha value is -1.45. The lowest BCUT2D eigenvalue weighted by molar-refractivity contribution is -0.685. The molecule has 192 valence electrons. The third-order valence-corrected chi connectivity index (χ3v) is 4.70. The predicted octanol–water partition coefficient (Wildman–Crippen LogP) is 6.86. The zero-order valence-corrected chi connectivity index (χ0v) is 21.0. The maximum absolute atomic E-state index is 8.88. The molecular formula is C23H41O9P. The van der Waals surface area contributed by atoms with Crippen molar-refractivity contribution < 1.29 is 44.1 Å². The second-order valence-electron chi connectivity index (χ2n) is 7.73. The van der Waals surface area contributed by atoms with Gasteiger partial charge >= 0.3 is 7.82 Å². The molecule has 0 unspecified atom stereocenters. The minimum atomic E-state index is -4.64. The van der Waals surface area contributed by atoms with E-state index in [0.29, 0.717) is 5.75 Å². The Bertz CT molecular complexity index is 638. The summed E-state index contributed by atoms with van der Waals surface area (Å²) in [5, 5.41) is 13.9. The smallest absolute Gasteiger partial charge is 0.311 e. The molecule has 1 aromatic carbocycles. The van der Waals surface area contributed by atoms with E-state index in [1.165, 1.54) is 63.4 Å². The number of unbranched alkanes of at least 4 members (excludes halogenated alkanes) is 8. The average molecular weight is 493 g/mol. The monoisotopic (exact) mass is 492 g/mol. The van der Waals surface area contributed by atoms with E-state index in [0.717, 1.165) is 25.0 Å². The molecule has 0 fully saturated rings. The van der Waals surface area contributed by atoms with Crippen LogP contribution in [-0.2, 0) is 24.6 Å². The van der Waals surface area contributed by atoms with Gasteiger partial charge in [0, 0.05) is 21.5 Å². The molecule has 33 heavy (non-hydrogen) atoms. The average Bonchev–Trinajstić information content (AvgIpc) is 2.76. The molecule has 0 radical (unpaired) electrons. The van der Waals surface area contributed by atoms with E-state index in [1.807, 2.05) is 18.2 Å². The first kappa shape index (κ1) is 31.6. The summed E-state index contributed by atoms with van der Waals surface area (Å²) < 4.78 is 8.88. The van der Waals surface area contributed by atoms with Crippen LogP contribution >= 0.6 is 7.82 Å². The molecular weight excluding hydrogens is 451 g/mol. The fraction of sp³-hybridized carbons (Fsp3) is 0.652. The van der Waals surface area contributed by atoms with Crippen LogP contribution in [0.2, 0.25) is 0 Å². The Morgan fingerprint density at radius 3 is 1.82 bits per heavy atom. The maximum atomic E-state index is 8.88. The topological polar surface area (TPSA) is 124 Å². The van der Waals surface area contributed by atoms with Crippen molar-refractivity contribution in [1.82, 2.24) is 0 Å². The van der Waals surface area contributed by atoms with Crippen molar-refractivity contribution in [3.63, 3.8) is 0 Å². The van der Waals surface area contributed by atoms with Crippen molar-refractivity contribution in [2.75, 3.05) is 0 Å². The molecule has 0 aromatic heterocycles. The van der Waals surface area contributed by atoms with E-state index < -0.39 is 7.82 Å². The van der Waals surface area contributed by atoms with E-state index in [9.17, 15) is 0 Å². The van der Waals surface area contributed by atoms with Crippen molar-refractivity contribution in [3.05, 3.63) is 41.7 Å². The second-order valence-corrected chi connectivity index (χ2v) is 8.76. The zero-order chi connectivity index (χ0) is 24.8. The van der Waals surface area contributed by atoms with Crippen LogP contribution in [0.25, 0.3) is 0 Å². The summed E-state index contributed by atoms with van der Waals surface area (Å²) in [6.07, 6.45) is 14.2. The van der Waals surface area contributed by atoms with Crippen molar-refractivity contribution in [2.24, 2.45) is 0 Å². The van der Waals surface area contributed by atoms with Gasteiger partial charge in [-0.15, -0.1) is 0 Å². The summed E-state index contributed by atoms with van der Waals surface area (Å²) in [6.45, 7) is 6.56. The number of hydrogen-bond donors (Lipinski definition) is 3. The molecule has 1 rings (SSSR count). The van der Waals surface area contributed by atoms with Gasteiger partial charge in [0.15, 0.2) is 5.75 Å². The summed E-state index contributed by atoms with van der Waals surface area (Å²) >= 11 is 0. The summed E-state index contributed by atoms with van der Waals surface area (Å²) in [6, 6.07) is 9.04. The SMILES string of the molecule is CCCCCCCC(C)=C(CCCCCCC)OOOOOc1ccccc1.O=P(O)(O)O. The Morgan fingerprint density at radius 1 is 0.758 bits per heavy atom. The van der Waals surface area contributed by atoms with Gasteiger partial charge < -0.3 is 24.5 Å². The first-order chi connectivity index (χ1) is 15.8. The van der Waals surface area contributed by atoms with E-state index >= 15 is 0 Å². The second kappa shape index (κ2) is 21.1. The fourth-order valence-electron chi connectivity index (χ4n) is 2.94. The van der Waals surface area contributed by atoms with Crippen LogP contribution in [0.4, 0.5) is 0 Å². The molecule has 0 aliphatic carbocycles. The van der Waals surface area contributed by atoms with E-state index in [4.69, 9.17) is 34.1 Å². The van der Waals surface area contributed by atoms with Crippen LogP contribution < -0.4 is 4.89 Å². The number of para-hydroxylation sites is 1. The molecule has 0 bridgehead atoms. The first-order valence-electron chi connectivity index (χ1n) is 11.6. The first-order valence-corrected chi connectivity index (χ1v) is 13.2. The number of rotatable bonds is 18. The lowest BCUT2D eigenvalue weighted by Gasteiger charge is -2.11. The molecule has 10 heteroatoms. The van der Waals surface area contributed by atoms with Crippen molar-refractivity contribution in [2.45, 2.75) is 97.8 Å². The molecule has 0 spiro atoms. The van der Waals surface area contributed by atoms with Crippen LogP contribution in [0.3, 0.4) is 0 Å². The van der Waals surface area contributed by atoms with E-state index in [-0.39, 0.29) is 0 Å². The van der Waals surface area contributed by atoms with Gasteiger partial charge in [0.05, 0.1) is 0 Å². The Balaban J connectivity index is 0.00000184. The van der Waals surface area contributed by atoms with E-state index in [2.05, 4.69) is 30.8 Å². The van der Waals surface area contributed by atoms with Gasteiger partial charge in [-0.25, -0.2) is 4.57 Å². The van der Waals surface area contributed by atoms with Gasteiger partial charge in [0.2, 0.25) is 0 Å². The minimum Gasteiger partial charge on any atom is -0.311 e. The number of phosphoric acid groups is 1. The lowest BCUT2D eigenvalue weighted by Crippen LogP contribution is -2.03. The summed E-state index contributed by atoms with van der Waals surface area (Å²) in [7, 11) is -4.64. The highest BCUT2D eigenvalue weighted by Crippen LogP contribution is 2.26. The summed E-state index contributed by atoms with van der Waals surface area (Å²) in [5.74, 6) is 1.34. The quantitative estimate of drug-likeness (QED) is 0.0662. The van der Waals surface area contributed by atoms with Gasteiger partial charge in [-0.3, -0.25) is 0 Å². The highest BCUT2D eigenvalue weighted by molar-refractivity contribution is 7.45. The van der Waals surface area contributed by atoms with Crippen molar-refractivity contribution >= 4 is 7.82 Å². The van der Waals surface area contributed by atoms with Crippen LogP contribution in [0.15, 0.2) is 41.7 Å².